The van der Waals surface area contributed by atoms with Crippen molar-refractivity contribution in [2.45, 2.75) is 4.90 Å². The Morgan fingerprint density at radius 2 is 1.76 bits per heavy atom. The number of nitrogens with one attached hydrogen (secondary N) is 1. The van der Waals surface area contributed by atoms with Gasteiger partial charge in [-0.3, -0.25) is 10.1 Å². The number of carbonyl (C=O) groups excluding carboxylic acids is 1. The van der Waals surface area contributed by atoms with Gasteiger partial charge in [0.2, 0.25) is 0 Å². The van der Waals surface area contributed by atoms with Gasteiger partial charge in [0.05, 0.1) is 9.82 Å². The molecular weight excluding hydrogens is 277 g/mol. The number of nitro benzene ring substituents is 1. The minimum atomic E-state index is -4.05. The number of nitro groups is 1. The standard InChI is InChI=1S/C7H7N3O5S.K/c8-7(11)9-16(14,15)6-3-1-5(2-4-6)10(12)13;/h1-4H,(H3,8,9,11);. The predicted octanol–water partition coefficient (Wildman–Crippen LogP) is -0.429. The van der Waals surface area contributed by atoms with Crippen molar-refractivity contribution < 1.29 is 18.1 Å². The second kappa shape index (κ2) is 6.42. The monoisotopic (exact) mass is 284 g/mol. The van der Waals surface area contributed by atoms with E-state index < -0.39 is 21.0 Å². The minimum absolute atomic E-state index is 0. The van der Waals surface area contributed by atoms with E-state index in [4.69, 9.17) is 0 Å². The SMILES string of the molecule is NC(=O)NS(=O)(=O)c1ccc([N+](=O)[O-])cc1.[K]. The van der Waals surface area contributed by atoms with Crippen LogP contribution in [0, 0.1) is 10.1 Å². The summed E-state index contributed by atoms with van der Waals surface area (Å²) in [4.78, 5) is 19.7. The van der Waals surface area contributed by atoms with Crippen molar-refractivity contribution in [3.63, 3.8) is 0 Å². The van der Waals surface area contributed by atoms with Crippen LogP contribution in [0.5, 0.6) is 0 Å². The zero-order valence-corrected chi connectivity index (χ0v) is 12.7. The third kappa shape index (κ3) is 4.69. The molecule has 1 aromatic carbocycles. The van der Waals surface area contributed by atoms with Crippen LogP contribution in [-0.2, 0) is 10.0 Å². The number of urea groups is 1. The third-order valence-corrected chi connectivity index (χ3v) is 2.96. The molecule has 10 heteroatoms. The van der Waals surface area contributed by atoms with Crippen molar-refractivity contribution in [3.05, 3.63) is 34.4 Å². The number of rotatable bonds is 3. The van der Waals surface area contributed by atoms with Gasteiger partial charge in [0.25, 0.3) is 15.7 Å². The van der Waals surface area contributed by atoms with Gasteiger partial charge in [-0.25, -0.2) is 17.9 Å². The Kier molecular flexibility index (Phi) is 6.22. The molecule has 0 atom stereocenters. The van der Waals surface area contributed by atoms with Gasteiger partial charge in [-0.15, -0.1) is 0 Å². The van der Waals surface area contributed by atoms with Crippen molar-refractivity contribution in [1.82, 2.24) is 4.72 Å². The minimum Gasteiger partial charge on any atom is -0.351 e. The molecule has 1 radical (unpaired) electrons. The van der Waals surface area contributed by atoms with Crippen molar-refractivity contribution in [3.8, 4) is 0 Å². The number of carbonyl (C=O) groups is 1. The van der Waals surface area contributed by atoms with Crippen LogP contribution in [0.1, 0.15) is 0 Å². The predicted molar refractivity (Wildman–Crippen MR) is 58.8 cm³/mol. The van der Waals surface area contributed by atoms with E-state index in [1.165, 1.54) is 4.72 Å². The number of sulfonamides is 1. The molecule has 0 aliphatic rings. The molecule has 0 saturated carbocycles. The first-order valence-electron chi connectivity index (χ1n) is 3.89. The molecule has 2 amide bonds. The molecule has 0 unspecified atom stereocenters. The van der Waals surface area contributed by atoms with Crippen LogP contribution in [-0.4, -0.2) is 70.8 Å². The molecule has 0 aliphatic heterocycles. The Bertz CT molecular complexity index is 527. The maximum Gasteiger partial charge on any atom is 0.326 e. The second-order valence-electron chi connectivity index (χ2n) is 2.72. The summed E-state index contributed by atoms with van der Waals surface area (Å²) in [5.41, 5.74) is 4.40. The van der Waals surface area contributed by atoms with Gasteiger partial charge in [0.15, 0.2) is 0 Å². The topological polar surface area (TPSA) is 132 Å². The summed E-state index contributed by atoms with van der Waals surface area (Å²) in [6.45, 7) is 0. The van der Waals surface area contributed by atoms with Crippen LogP contribution in [0.2, 0.25) is 0 Å². The van der Waals surface area contributed by atoms with Gasteiger partial charge in [0, 0.05) is 63.5 Å². The van der Waals surface area contributed by atoms with Gasteiger partial charge < -0.3 is 5.73 Å². The molecule has 87 valence electrons. The molecule has 0 bridgehead atoms. The molecule has 0 spiro atoms. The van der Waals surface area contributed by atoms with Crippen LogP contribution in [0.15, 0.2) is 29.2 Å². The quantitative estimate of drug-likeness (QED) is 0.441. The maximum atomic E-state index is 11.3. The summed E-state index contributed by atoms with van der Waals surface area (Å²) >= 11 is 0. The van der Waals surface area contributed by atoms with Crippen LogP contribution in [0.3, 0.4) is 0 Å². The zero-order chi connectivity index (χ0) is 12.3. The first-order valence-corrected chi connectivity index (χ1v) is 5.38. The number of amides is 2. The maximum absolute atomic E-state index is 11.3. The number of benzene rings is 1. The average molecular weight is 284 g/mol. The Hall–Kier alpha value is -0.524. The molecule has 1 aromatic rings. The van der Waals surface area contributed by atoms with Gasteiger partial charge >= 0.3 is 6.03 Å². The summed E-state index contributed by atoms with van der Waals surface area (Å²) in [7, 11) is -4.05. The number of nitrogens with zero attached hydrogens (tertiary/aromatic N) is 1. The van der Waals surface area contributed by atoms with Crippen LogP contribution >= 0.6 is 0 Å². The fourth-order valence-electron chi connectivity index (χ4n) is 0.938. The number of hydrogen-bond acceptors (Lipinski definition) is 5. The molecular formula is C7H7KN3O5S. The molecule has 17 heavy (non-hydrogen) atoms. The molecule has 8 nitrogen and oxygen atoms in total. The number of non-ortho nitro benzene ring substituents is 1. The van der Waals surface area contributed by atoms with E-state index in [0.717, 1.165) is 24.3 Å². The van der Waals surface area contributed by atoms with Gasteiger partial charge in [-0.2, -0.15) is 0 Å². The van der Waals surface area contributed by atoms with Crippen molar-refractivity contribution in [2.75, 3.05) is 0 Å². The van der Waals surface area contributed by atoms with Gasteiger partial charge in [-0.05, 0) is 12.1 Å². The van der Waals surface area contributed by atoms with Gasteiger partial charge in [-0.1, -0.05) is 0 Å². The van der Waals surface area contributed by atoms with Crippen molar-refractivity contribution in [2.24, 2.45) is 5.73 Å². The molecule has 0 saturated heterocycles. The summed E-state index contributed by atoms with van der Waals surface area (Å²) in [6.07, 6.45) is 0. The van der Waals surface area contributed by atoms with Gasteiger partial charge in [0.1, 0.15) is 0 Å². The Balaban J connectivity index is 0.00000256. The molecule has 3 N–H and O–H groups in total. The first-order chi connectivity index (χ1) is 7.33. The summed E-state index contributed by atoms with van der Waals surface area (Å²) in [5, 5.41) is 10.3. The van der Waals surface area contributed by atoms with Crippen molar-refractivity contribution >= 4 is 73.1 Å². The smallest absolute Gasteiger partial charge is 0.326 e. The number of hydrogen-bond donors (Lipinski definition) is 2. The Morgan fingerprint density at radius 1 is 1.29 bits per heavy atom. The van der Waals surface area contributed by atoms with Crippen molar-refractivity contribution in [1.29, 1.82) is 0 Å². The fourth-order valence-corrected chi connectivity index (χ4v) is 1.82. The second-order valence-corrected chi connectivity index (χ2v) is 4.40. The number of primary amides is 1. The normalized spacial score (nSPS) is 10.1. The number of nitrogens with two attached hydrogens (primary N) is 1. The molecule has 0 aromatic heterocycles. The average Bonchev–Trinajstić information content (AvgIpc) is 2.16. The summed E-state index contributed by atoms with van der Waals surface area (Å²) < 4.78 is 24.2. The van der Waals surface area contributed by atoms with E-state index in [9.17, 15) is 23.3 Å². The largest absolute Gasteiger partial charge is 0.351 e. The zero-order valence-electron chi connectivity index (χ0n) is 8.78. The van der Waals surface area contributed by atoms with Crippen LogP contribution < -0.4 is 10.5 Å². The molecule has 0 aliphatic carbocycles. The fraction of sp³-hybridized carbons (Fsp3) is 0. The molecule has 0 fully saturated rings. The van der Waals surface area contributed by atoms with E-state index in [1.54, 1.807) is 0 Å². The molecule has 1 rings (SSSR count). The third-order valence-electron chi connectivity index (χ3n) is 1.59. The summed E-state index contributed by atoms with van der Waals surface area (Å²) in [5.74, 6) is 0. The molecule has 0 heterocycles. The van der Waals surface area contributed by atoms with E-state index in [-0.39, 0.29) is 62.0 Å². The Labute approximate surface area is 139 Å². The summed E-state index contributed by atoms with van der Waals surface area (Å²) in [6, 6.07) is 2.80. The van der Waals surface area contributed by atoms with E-state index in [2.05, 4.69) is 5.73 Å². The Morgan fingerprint density at radius 3 is 2.12 bits per heavy atom. The van der Waals surface area contributed by atoms with E-state index in [0.29, 0.717) is 0 Å². The first kappa shape index (κ1) is 16.5. The van der Waals surface area contributed by atoms with E-state index >= 15 is 0 Å². The van der Waals surface area contributed by atoms with E-state index in [1.807, 2.05) is 0 Å². The van der Waals surface area contributed by atoms with Crippen LogP contribution in [0.25, 0.3) is 0 Å². The van der Waals surface area contributed by atoms with Crippen LogP contribution in [0.4, 0.5) is 10.5 Å².